The Labute approximate surface area is 110 Å². The largest absolute Gasteiger partial charge is 0.311 e. The van der Waals surface area contributed by atoms with Crippen molar-refractivity contribution in [3.63, 3.8) is 0 Å². The Hall–Kier alpha value is -0.530. The van der Waals surface area contributed by atoms with Gasteiger partial charge in [-0.05, 0) is 55.8 Å². The van der Waals surface area contributed by atoms with Crippen LogP contribution in [0.2, 0.25) is 5.02 Å². The third-order valence-corrected chi connectivity index (χ3v) is 4.54. The molecule has 1 saturated heterocycles. The summed E-state index contributed by atoms with van der Waals surface area (Å²) in [5.41, 5.74) is 2.79. The minimum absolute atomic E-state index is 0.276. The van der Waals surface area contributed by atoms with E-state index in [-0.39, 0.29) is 5.54 Å². The SMILES string of the molecule is Cc1ccc(CC2(C(C)C)CCCN2)cc1Cl. The monoisotopic (exact) mass is 251 g/mol. The zero-order chi connectivity index (χ0) is 12.5. The van der Waals surface area contributed by atoms with Gasteiger partial charge in [0, 0.05) is 10.6 Å². The van der Waals surface area contributed by atoms with Gasteiger partial charge in [-0.15, -0.1) is 0 Å². The first-order chi connectivity index (χ1) is 8.03. The minimum atomic E-state index is 0.276. The van der Waals surface area contributed by atoms with E-state index < -0.39 is 0 Å². The number of halogens is 1. The van der Waals surface area contributed by atoms with Crippen molar-refractivity contribution >= 4 is 11.6 Å². The lowest BCUT2D eigenvalue weighted by atomic mass is 9.80. The second kappa shape index (κ2) is 4.99. The minimum Gasteiger partial charge on any atom is -0.311 e. The molecule has 0 saturated carbocycles. The van der Waals surface area contributed by atoms with E-state index in [1.807, 2.05) is 0 Å². The van der Waals surface area contributed by atoms with E-state index in [1.54, 1.807) is 0 Å². The van der Waals surface area contributed by atoms with Crippen molar-refractivity contribution < 1.29 is 0 Å². The molecule has 1 aromatic rings. The van der Waals surface area contributed by atoms with Crippen LogP contribution in [0.1, 0.15) is 37.8 Å². The second-order valence-electron chi connectivity index (χ2n) is 5.60. The van der Waals surface area contributed by atoms with E-state index in [2.05, 4.69) is 44.3 Å². The highest BCUT2D eigenvalue weighted by Gasteiger charge is 2.36. The standard InChI is InChI=1S/C15H22ClN/c1-11(2)15(7-4-8-17-15)10-13-6-5-12(3)14(16)9-13/h5-6,9,11,17H,4,7-8,10H2,1-3H3. The predicted octanol–water partition coefficient (Wildman–Crippen LogP) is 3.97. The summed E-state index contributed by atoms with van der Waals surface area (Å²) in [5, 5.41) is 4.60. The summed E-state index contributed by atoms with van der Waals surface area (Å²) in [5.74, 6) is 0.657. The first kappa shape index (κ1) is 12.9. The molecule has 0 amide bonds. The Balaban J connectivity index is 2.20. The number of benzene rings is 1. The maximum absolute atomic E-state index is 6.20. The molecule has 1 N–H and O–H groups in total. The molecule has 1 aliphatic heterocycles. The lowest BCUT2D eigenvalue weighted by Crippen LogP contribution is -2.46. The predicted molar refractivity (Wildman–Crippen MR) is 74.7 cm³/mol. The molecule has 1 aliphatic rings. The van der Waals surface area contributed by atoms with Gasteiger partial charge in [-0.25, -0.2) is 0 Å². The number of hydrogen-bond acceptors (Lipinski definition) is 1. The molecule has 2 rings (SSSR count). The Kier molecular flexibility index (Phi) is 3.79. The van der Waals surface area contributed by atoms with Crippen molar-refractivity contribution in [1.82, 2.24) is 5.32 Å². The molecule has 0 bridgehead atoms. The summed E-state index contributed by atoms with van der Waals surface area (Å²) >= 11 is 6.20. The van der Waals surface area contributed by atoms with Crippen molar-refractivity contribution in [2.24, 2.45) is 5.92 Å². The Morgan fingerprint density at radius 3 is 2.71 bits per heavy atom. The molecular formula is C15H22ClN. The van der Waals surface area contributed by atoms with Gasteiger partial charge in [-0.1, -0.05) is 37.6 Å². The van der Waals surface area contributed by atoms with Gasteiger partial charge in [0.25, 0.3) is 0 Å². The van der Waals surface area contributed by atoms with Gasteiger partial charge in [-0.3, -0.25) is 0 Å². The van der Waals surface area contributed by atoms with Gasteiger partial charge < -0.3 is 5.32 Å². The maximum atomic E-state index is 6.20. The Morgan fingerprint density at radius 2 is 2.18 bits per heavy atom. The highest BCUT2D eigenvalue weighted by molar-refractivity contribution is 6.31. The summed E-state index contributed by atoms with van der Waals surface area (Å²) in [7, 11) is 0. The van der Waals surface area contributed by atoms with Gasteiger partial charge in [0.2, 0.25) is 0 Å². The highest BCUT2D eigenvalue weighted by Crippen LogP contribution is 2.32. The van der Waals surface area contributed by atoms with E-state index in [4.69, 9.17) is 11.6 Å². The quantitative estimate of drug-likeness (QED) is 0.857. The summed E-state index contributed by atoms with van der Waals surface area (Å²) in [6.07, 6.45) is 3.65. The number of aryl methyl sites for hydroxylation is 1. The summed E-state index contributed by atoms with van der Waals surface area (Å²) in [6.45, 7) is 7.83. The molecule has 2 heteroatoms. The molecule has 1 heterocycles. The third kappa shape index (κ3) is 2.66. The summed E-state index contributed by atoms with van der Waals surface area (Å²) in [4.78, 5) is 0. The first-order valence-electron chi connectivity index (χ1n) is 6.53. The van der Waals surface area contributed by atoms with Gasteiger partial charge in [0.1, 0.15) is 0 Å². The van der Waals surface area contributed by atoms with Gasteiger partial charge in [-0.2, -0.15) is 0 Å². The summed E-state index contributed by atoms with van der Waals surface area (Å²) in [6, 6.07) is 6.47. The fourth-order valence-electron chi connectivity index (χ4n) is 2.79. The normalized spacial score (nSPS) is 24.5. The average Bonchev–Trinajstić information content (AvgIpc) is 2.73. The van der Waals surface area contributed by atoms with Gasteiger partial charge in [0.15, 0.2) is 0 Å². The number of nitrogens with one attached hydrogen (secondary N) is 1. The van der Waals surface area contributed by atoms with Crippen LogP contribution in [0.25, 0.3) is 0 Å². The van der Waals surface area contributed by atoms with Crippen LogP contribution >= 0.6 is 11.6 Å². The van der Waals surface area contributed by atoms with E-state index in [1.165, 1.54) is 18.4 Å². The first-order valence-corrected chi connectivity index (χ1v) is 6.91. The van der Waals surface area contributed by atoms with Crippen LogP contribution in [0.15, 0.2) is 18.2 Å². The van der Waals surface area contributed by atoms with Crippen molar-refractivity contribution in [2.75, 3.05) is 6.54 Å². The highest BCUT2D eigenvalue weighted by atomic mass is 35.5. The van der Waals surface area contributed by atoms with Gasteiger partial charge >= 0.3 is 0 Å². The molecule has 1 unspecified atom stereocenters. The Bertz CT molecular complexity index is 392. The van der Waals surface area contributed by atoms with Crippen LogP contribution < -0.4 is 5.32 Å². The van der Waals surface area contributed by atoms with Crippen LogP contribution in [0, 0.1) is 12.8 Å². The average molecular weight is 252 g/mol. The molecule has 0 spiro atoms. The third-order valence-electron chi connectivity index (χ3n) is 4.14. The molecule has 1 atom stereocenters. The van der Waals surface area contributed by atoms with Crippen molar-refractivity contribution in [3.8, 4) is 0 Å². The fraction of sp³-hybridized carbons (Fsp3) is 0.600. The molecule has 94 valence electrons. The fourth-order valence-corrected chi connectivity index (χ4v) is 2.99. The Morgan fingerprint density at radius 1 is 1.41 bits per heavy atom. The lowest BCUT2D eigenvalue weighted by molar-refractivity contribution is 0.269. The van der Waals surface area contributed by atoms with Crippen molar-refractivity contribution in [1.29, 1.82) is 0 Å². The molecule has 17 heavy (non-hydrogen) atoms. The molecular weight excluding hydrogens is 230 g/mol. The van der Waals surface area contributed by atoms with E-state index >= 15 is 0 Å². The molecule has 0 radical (unpaired) electrons. The molecule has 1 fully saturated rings. The smallest absolute Gasteiger partial charge is 0.0437 e. The van der Waals surface area contributed by atoms with Crippen molar-refractivity contribution in [3.05, 3.63) is 34.3 Å². The molecule has 1 aromatic carbocycles. The lowest BCUT2D eigenvalue weighted by Gasteiger charge is -2.34. The molecule has 0 aromatic heterocycles. The summed E-state index contributed by atoms with van der Waals surface area (Å²) < 4.78 is 0. The second-order valence-corrected chi connectivity index (χ2v) is 6.01. The van der Waals surface area contributed by atoms with Crippen molar-refractivity contribution in [2.45, 2.75) is 45.6 Å². The van der Waals surface area contributed by atoms with Crippen LogP contribution in [0.5, 0.6) is 0 Å². The van der Waals surface area contributed by atoms with Crippen LogP contribution in [-0.2, 0) is 6.42 Å². The van der Waals surface area contributed by atoms with E-state index in [9.17, 15) is 0 Å². The zero-order valence-electron chi connectivity index (χ0n) is 11.0. The van der Waals surface area contributed by atoms with E-state index in [0.29, 0.717) is 5.92 Å². The maximum Gasteiger partial charge on any atom is 0.0437 e. The topological polar surface area (TPSA) is 12.0 Å². The number of hydrogen-bond donors (Lipinski definition) is 1. The zero-order valence-corrected chi connectivity index (χ0v) is 11.8. The number of rotatable bonds is 3. The van der Waals surface area contributed by atoms with Crippen LogP contribution in [0.3, 0.4) is 0 Å². The van der Waals surface area contributed by atoms with Gasteiger partial charge in [0.05, 0.1) is 0 Å². The molecule has 1 nitrogen and oxygen atoms in total. The van der Waals surface area contributed by atoms with Crippen LogP contribution in [-0.4, -0.2) is 12.1 Å². The van der Waals surface area contributed by atoms with E-state index in [0.717, 1.165) is 23.6 Å². The molecule has 0 aliphatic carbocycles. The van der Waals surface area contributed by atoms with Crippen LogP contribution in [0.4, 0.5) is 0 Å².